The van der Waals surface area contributed by atoms with Gasteiger partial charge in [0.25, 0.3) is 0 Å². The fraction of sp³-hybridized carbons (Fsp3) is 0.273. The van der Waals surface area contributed by atoms with Crippen LogP contribution in [0.25, 0.3) is 0 Å². The molecule has 0 aromatic heterocycles. The first-order valence-electron chi connectivity index (χ1n) is 3.63. The van der Waals surface area contributed by atoms with Gasteiger partial charge in [-0.2, -0.15) is 0 Å². The van der Waals surface area contributed by atoms with Crippen molar-refractivity contribution in [3.05, 3.63) is 50.9 Å². The van der Waals surface area contributed by atoms with Gasteiger partial charge in [0.1, 0.15) is 0 Å². The molecule has 2 bridgehead atoms. The van der Waals surface area contributed by atoms with Crippen LogP contribution in [-0.4, -0.2) is 0 Å². The first-order valence-corrected chi connectivity index (χ1v) is 3.63. The van der Waals surface area contributed by atoms with Crippen LogP contribution >= 0.6 is 0 Å². The van der Waals surface area contributed by atoms with Gasteiger partial charge < -0.3 is 0 Å². The summed E-state index contributed by atoms with van der Waals surface area (Å²) in [4.78, 5) is 0. The Morgan fingerprint density at radius 2 is 0.812 bits per heavy atom. The van der Waals surface area contributed by atoms with Crippen LogP contribution in [0.15, 0.2) is 24.3 Å². The van der Waals surface area contributed by atoms with Crippen LogP contribution in [0, 0.1) is 38.4 Å². The second kappa shape index (κ2) is 23.6. The molecule has 0 spiro atoms. The van der Waals surface area contributed by atoms with Gasteiger partial charge in [0.05, 0.1) is 0 Å². The first kappa shape index (κ1) is 24.3. The van der Waals surface area contributed by atoms with Crippen molar-refractivity contribution < 1.29 is 36.0 Å². The number of rotatable bonds is 0. The van der Waals surface area contributed by atoms with Crippen molar-refractivity contribution >= 4 is 0 Å². The van der Waals surface area contributed by atoms with E-state index in [2.05, 4.69) is 50.9 Å². The number of hydrogen-bond donors (Lipinski definition) is 0. The molecule has 0 saturated heterocycles. The monoisotopic (exact) mass is 256 g/mol. The minimum atomic E-state index is 0. The largest absolute Gasteiger partial charge is 0 e. The van der Waals surface area contributed by atoms with Crippen molar-refractivity contribution in [3.63, 3.8) is 0 Å². The molecule has 0 unspecified atom stereocenters. The zero-order chi connectivity index (χ0) is 12.7. The Hall–Kier alpha value is -1.03. The summed E-state index contributed by atoms with van der Waals surface area (Å²) >= 11 is 0. The molecular formula is C11H8CrO4. The van der Waals surface area contributed by atoms with E-state index in [0.717, 1.165) is 11.8 Å². The molecule has 0 atom stereocenters. The summed E-state index contributed by atoms with van der Waals surface area (Å²) in [5.41, 5.74) is 0. The summed E-state index contributed by atoms with van der Waals surface area (Å²) in [7, 11) is 0. The maximum Gasteiger partial charge on any atom is 0 e. The smallest absolute Gasteiger partial charge is 0 e. The van der Waals surface area contributed by atoms with E-state index in [9.17, 15) is 0 Å². The van der Waals surface area contributed by atoms with Crippen molar-refractivity contribution in [1.82, 2.24) is 0 Å². The minimum Gasteiger partial charge on any atom is 0 e. The zero-order valence-electron chi connectivity index (χ0n) is 8.21. The van der Waals surface area contributed by atoms with Crippen molar-refractivity contribution in [3.8, 4) is 0 Å². The summed E-state index contributed by atoms with van der Waals surface area (Å²) in [6.45, 7) is 18.0. The van der Waals surface area contributed by atoms with Gasteiger partial charge in [0, 0.05) is 17.4 Å². The predicted molar refractivity (Wildman–Crippen MR) is 45.6 cm³/mol. The molecule has 0 N–H and O–H groups in total. The van der Waals surface area contributed by atoms with E-state index in [0.29, 0.717) is 0 Å². The van der Waals surface area contributed by atoms with E-state index in [4.69, 9.17) is 18.6 Å². The third-order valence-corrected chi connectivity index (χ3v) is 1.76. The average Bonchev–Trinajstić information content (AvgIpc) is 3.04. The SMILES string of the molecule is C1=CC2C=CC1C2.[C-]#[O+].[C-]#[O+].[C-]#[O+].[C-]#[O+].[Cr]. The van der Waals surface area contributed by atoms with Crippen LogP contribution in [0.5, 0.6) is 0 Å². The Bertz CT molecular complexity index is 221. The van der Waals surface area contributed by atoms with Crippen molar-refractivity contribution in [2.45, 2.75) is 6.42 Å². The molecule has 0 aromatic carbocycles. The van der Waals surface area contributed by atoms with Gasteiger partial charge >= 0.3 is 45.2 Å². The van der Waals surface area contributed by atoms with Crippen LogP contribution in [0.1, 0.15) is 6.42 Å². The van der Waals surface area contributed by atoms with Crippen LogP contribution in [0.2, 0.25) is 0 Å². The van der Waals surface area contributed by atoms with Crippen LogP contribution in [0.4, 0.5) is 0 Å². The second-order valence-electron chi connectivity index (χ2n) is 2.33. The van der Waals surface area contributed by atoms with Crippen molar-refractivity contribution in [2.75, 3.05) is 0 Å². The molecule has 0 amide bonds. The third-order valence-electron chi connectivity index (χ3n) is 1.76. The first-order chi connectivity index (χ1) is 7.45. The molecule has 5 heteroatoms. The van der Waals surface area contributed by atoms with Gasteiger partial charge in [0.2, 0.25) is 0 Å². The Kier molecular flexibility index (Phi) is 35.9. The summed E-state index contributed by atoms with van der Waals surface area (Å²) in [5.74, 6) is 1.62. The zero-order valence-corrected chi connectivity index (χ0v) is 9.49. The van der Waals surface area contributed by atoms with E-state index in [-0.39, 0.29) is 17.4 Å². The molecular weight excluding hydrogens is 248 g/mol. The van der Waals surface area contributed by atoms with E-state index < -0.39 is 0 Å². The van der Waals surface area contributed by atoms with Crippen LogP contribution < -0.4 is 0 Å². The normalized spacial score (nSPS) is 19.5. The fourth-order valence-corrected chi connectivity index (χ4v) is 1.33. The van der Waals surface area contributed by atoms with Gasteiger partial charge in [-0.15, -0.1) is 0 Å². The number of allylic oxidation sites excluding steroid dienone is 4. The second-order valence-corrected chi connectivity index (χ2v) is 2.33. The molecule has 0 aromatic rings. The van der Waals surface area contributed by atoms with E-state index >= 15 is 0 Å². The van der Waals surface area contributed by atoms with Gasteiger partial charge in [-0.3, -0.25) is 0 Å². The van der Waals surface area contributed by atoms with E-state index in [1.807, 2.05) is 0 Å². The molecule has 2 aliphatic rings. The molecule has 2 rings (SSSR count). The Labute approximate surface area is 105 Å². The number of hydrogen-bond acceptors (Lipinski definition) is 0. The summed E-state index contributed by atoms with van der Waals surface area (Å²) in [6.07, 6.45) is 10.5. The molecule has 0 fully saturated rings. The van der Waals surface area contributed by atoms with Crippen molar-refractivity contribution in [2.24, 2.45) is 11.8 Å². The van der Waals surface area contributed by atoms with Gasteiger partial charge in [-0.05, 0) is 18.3 Å². The summed E-state index contributed by atoms with van der Waals surface area (Å²) in [5, 5.41) is 0. The average molecular weight is 256 g/mol. The Balaban J connectivity index is -0.0000000705. The standard InChI is InChI=1S/C7H8.4CO.Cr/c1-2-7-4-3-6(1)5-7;4*1-2;/h1-4,6-7H,5H2;;;;;. The molecule has 82 valence electrons. The van der Waals surface area contributed by atoms with E-state index in [1.54, 1.807) is 0 Å². The molecule has 2 aliphatic carbocycles. The predicted octanol–water partition coefficient (Wildman–Crippen LogP) is 1.60. The summed E-state index contributed by atoms with van der Waals surface area (Å²) < 4.78 is 30.0. The van der Waals surface area contributed by atoms with Crippen LogP contribution in [0.3, 0.4) is 0 Å². The summed E-state index contributed by atoms with van der Waals surface area (Å²) in [6, 6.07) is 0. The van der Waals surface area contributed by atoms with Gasteiger partial charge in [-0.25, -0.2) is 0 Å². The van der Waals surface area contributed by atoms with E-state index in [1.165, 1.54) is 6.42 Å². The molecule has 0 aliphatic heterocycles. The fourth-order valence-electron chi connectivity index (χ4n) is 1.33. The molecule has 16 heavy (non-hydrogen) atoms. The topological polar surface area (TPSA) is 79.6 Å². The maximum atomic E-state index is 7.50. The Morgan fingerprint density at radius 3 is 0.875 bits per heavy atom. The molecule has 0 heterocycles. The van der Waals surface area contributed by atoms with Gasteiger partial charge in [-0.1, -0.05) is 24.3 Å². The molecule has 0 saturated carbocycles. The van der Waals surface area contributed by atoms with Crippen LogP contribution in [-0.2, 0) is 36.0 Å². The third kappa shape index (κ3) is 11.0. The minimum absolute atomic E-state index is 0. The molecule has 0 radical (unpaired) electrons. The molecule has 4 nitrogen and oxygen atoms in total. The Morgan fingerprint density at radius 1 is 0.625 bits per heavy atom. The van der Waals surface area contributed by atoms with Crippen molar-refractivity contribution in [1.29, 1.82) is 0 Å². The number of fused-ring (bicyclic) bond motifs is 2. The quantitative estimate of drug-likeness (QED) is 0.358. The van der Waals surface area contributed by atoms with Gasteiger partial charge in [0.15, 0.2) is 0 Å². The maximum absolute atomic E-state index is 7.50.